The van der Waals surface area contributed by atoms with Gasteiger partial charge < -0.3 is 0 Å². The first kappa shape index (κ1) is 25.5. The summed E-state index contributed by atoms with van der Waals surface area (Å²) in [6, 6.07) is 0. The Bertz CT molecular complexity index is 568. The van der Waals surface area contributed by atoms with Gasteiger partial charge in [-0.15, -0.1) is 0 Å². The Hall–Kier alpha value is -1.50. The number of hydrogen-bond acceptors (Lipinski definition) is 4. The molecule has 0 atom stereocenters. The molecule has 0 saturated heterocycles. The predicted octanol–water partition coefficient (Wildman–Crippen LogP) is 3.71. The predicted molar refractivity (Wildman–Crippen MR) is 58.3 cm³/mol. The zero-order chi connectivity index (χ0) is 21.8. The maximum absolute atomic E-state index is 12.4. The molecule has 2 radical (unpaired) electrons. The van der Waals surface area contributed by atoms with Gasteiger partial charge in [-0.25, -0.2) is 0 Å². The summed E-state index contributed by atoms with van der Waals surface area (Å²) in [5, 5.41) is 0. The first-order valence-corrected chi connectivity index (χ1v) is 8.82. The molecule has 0 aromatic heterocycles. The summed E-state index contributed by atoms with van der Waals surface area (Å²) >= 11 is -4.19. The molecule has 0 aliphatic rings. The Balaban J connectivity index is 5.43. The van der Waals surface area contributed by atoms with Crippen LogP contribution in [0.25, 0.3) is 0 Å². The van der Waals surface area contributed by atoms with Gasteiger partial charge in [0.25, 0.3) is 0 Å². The fourth-order valence-corrected chi connectivity index (χ4v) is 3.07. The molecule has 0 saturated carbocycles. The molecule has 0 amide bonds. The van der Waals surface area contributed by atoms with Crippen LogP contribution in [-0.2, 0) is 15.0 Å². The Morgan fingerprint density at radius 1 is 0.556 bits per heavy atom. The summed E-state index contributed by atoms with van der Waals surface area (Å²) in [7, 11) is 0. The molecule has 0 fully saturated rings. The van der Waals surface area contributed by atoms with Gasteiger partial charge in [-0.3, -0.25) is 0 Å². The topological polar surface area (TPSA) is 52.6 Å². The van der Waals surface area contributed by atoms with Crippen molar-refractivity contribution in [1.82, 2.24) is 0 Å². The average Bonchev–Trinajstić information content (AvgIpc) is 2.40. The molecule has 27 heavy (non-hydrogen) atoms. The molecule has 0 rings (SSSR count). The van der Waals surface area contributed by atoms with Crippen LogP contribution in [0.5, 0.6) is 0 Å². The van der Waals surface area contributed by atoms with Gasteiger partial charge in [0.15, 0.2) is 0 Å². The number of alkyl halides is 12. The third kappa shape index (κ3) is 9.31. The van der Waals surface area contributed by atoms with Crippen molar-refractivity contribution < 1.29 is 67.6 Å². The van der Waals surface area contributed by atoms with Crippen molar-refractivity contribution in [3.63, 3.8) is 0 Å². The van der Waals surface area contributed by atoms with E-state index in [0.29, 0.717) is 0 Å². The summed E-state index contributed by atoms with van der Waals surface area (Å²) in [5.74, 6) is -11.4. The normalized spacial score (nSPS) is 14.8. The van der Waals surface area contributed by atoms with Crippen LogP contribution in [0.2, 0.25) is 0 Å². The van der Waals surface area contributed by atoms with E-state index in [2.05, 4.69) is 5.37 Å². The summed E-state index contributed by atoms with van der Waals surface area (Å²) in [4.78, 5) is 20.9. The summed E-state index contributed by atoms with van der Waals surface area (Å²) < 4.78 is 153. The minimum absolute atomic E-state index is 1.10. The second-order valence-electron chi connectivity index (χ2n) is 4.02. The molecule has 154 valence electrons. The molecule has 0 bridgehead atoms. The summed E-state index contributed by atoms with van der Waals surface area (Å²) in [5.41, 5.74) is 0. The van der Waals surface area contributed by atoms with Crippen molar-refractivity contribution in [3.8, 4) is 0 Å². The zero-order valence-electron chi connectivity index (χ0n) is 11.8. The average molecular weight is 621 g/mol. The number of ketones is 2. The van der Waals surface area contributed by atoms with Crippen LogP contribution in [0, 0.1) is 0 Å². The van der Waals surface area contributed by atoms with Gasteiger partial charge in [0.05, 0.1) is 0 Å². The Morgan fingerprint density at radius 2 is 0.815 bits per heavy atom. The second-order valence-corrected chi connectivity index (χ2v) is 6.26. The van der Waals surface area contributed by atoms with Crippen molar-refractivity contribution in [2.24, 2.45) is 0 Å². The van der Waals surface area contributed by atoms with Crippen LogP contribution in [0.3, 0.4) is 0 Å². The molecule has 4 nitrogen and oxygen atoms in total. The van der Waals surface area contributed by atoms with Crippen molar-refractivity contribution >= 4 is 36.7 Å². The molecule has 0 aromatic rings. The number of carbonyl (C=O) groups excluding carboxylic acids is 2. The number of carbonyl (C=O) groups is 2. The molecular formula is C10H2F12O4Pb. The Morgan fingerprint density at radius 3 is 1.00 bits per heavy atom. The fraction of sp³-hybridized carbons (Fsp3) is 0.400. The quantitative estimate of drug-likeness (QED) is 0.197. The van der Waals surface area contributed by atoms with Crippen LogP contribution >= 0.6 is 0 Å². The molecule has 0 N–H and O–H groups in total. The van der Waals surface area contributed by atoms with E-state index in [1.54, 1.807) is 0 Å². The van der Waals surface area contributed by atoms with E-state index >= 15 is 0 Å². The van der Waals surface area contributed by atoms with Crippen molar-refractivity contribution in [3.05, 3.63) is 23.7 Å². The summed E-state index contributed by atoms with van der Waals surface area (Å²) in [6.07, 6.45) is -25.2. The molecular weight excluding hydrogens is 619 g/mol. The SMILES string of the molecule is O=C(C=C([O][Pb][O]C(=CC(=O)C(F)(F)F)C(F)(F)F)C(F)(F)F)C(F)(F)F. The minimum atomic E-state index is -5.76. The van der Waals surface area contributed by atoms with Gasteiger partial charge in [0, 0.05) is 0 Å². The fourth-order valence-electron chi connectivity index (χ4n) is 0.851. The number of halogens is 12. The molecule has 17 heteroatoms. The van der Waals surface area contributed by atoms with Crippen molar-refractivity contribution in [2.75, 3.05) is 0 Å². The van der Waals surface area contributed by atoms with E-state index in [0.717, 1.165) is 0 Å². The van der Waals surface area contributed by atoms with E-state index < -0.39 is 85.1 Å². The molecule has 0 aliphatic carbocycles. The van der Waals surface area contributed by atoms with Crippen molar-refractivity contribution in [2.45, 2.75) is 24.7 Å². The maximum atomic E-state index is 12.4. The van der Waals surface area contributed by atoms with Crippen molar-refractivity contribution in [1.29, 1.82) is 0 Å². The van der Waals surface area contributed by atoms with Crippen LogP contribution in [0.1, 0.15) is 0 Å². The van der Waals surface area contributed by atoms with Gasteiger partial charge in [-0.1, -0.05) is 0 Å². The van der Waals surface area contributed by atoms with Crippen LogP contribution < -0.4 is 0 Å². The molecule has 0 unspecified atom stereocenters. The monoisotopic (exact) mass is 622 g/mol. The number of hydrogen-bond donors (Lipinski definition) is 0. The van der Waals surface area contributed by atoms with Crippen LogP contribution in [-0.4, -0.2) is 61.4 Å². The van der Waals surface area contributed by atoms with E-state index in [4.69, 9.17) is 0 Å². The Kier molecular flexibility index (Phi) is 8.19. The van der Waals surface area contributed by atoms with E-state index in [1.807, 2.05) is 0 Å². The van der Waals surface area contributed by atoms with Gasteiger partial charge in [-0.05, 0) is 0 Å². The van der Waals surface area contributed by atoms with E-state index in [1.165, 1.54) is 0 Å². The molecule has 0 aliphatic heterocycles. The van der Waals surface area contributed by atoms with Gasteiger partial charge >= 0.3 is 153 Å². The number of allylic oxidation sites excluding steroid dienone is 4. The van der Waals surface area contributed by atoms with Gasteiger partial charge in [0.1, 0.15) is 0 Å². The standard InChI is InChI=1S/2C5H2F6O2.Pb/c2*6-4(7,8)2(12)1-3(13)5(9,10)11;/h2*1,12H;/q;;+2/p-2. The molecule has 0 spiro atoms. The third-order valence-electron chi connectivity index (χ3n) is 1.95. The molecule has 0 aromatic carbocycles. The third-order valence-corrected chi connectivity index (χ3v) is 4.30. The summed E-state index contributed by atoms with van der Waals surface area (Å²) in [6.45, 7) is 0. The number of rotatable bonds is 6. The van der Waals surface area contributed by atoms with Gasteiger partial charge in [0.2, 0.25) is 0 Å². The van der Waals surface area contributed by atoms with E-state index in [9.17, 15) is 62.3 Å². The molecule has 0 heterocycles. The van der Waals surface area contributed by atoms with Gasteiger partial charge in [-0.2, -0.15) is 0 Å². The van der Waals surface area contributed by atoms with E-state index in [-0.39, 0.29) is 0 Å². The van der Waals surface area contributed by atoms with Crippen LogP contribution in [0.4, 0.5) is 52.7 Å². The first-order valence-electron chi connectivity index (χ1n) is 5.65. The first-order chi connectivity index (χ1) is 11.8. The zero-order valence-corrected chi connectivity index (χ0v) is 15.7. The second kappa shape index (κ2) is 8.67. The van der Waals surface area contributed by atoms with Crippen LogP contribution in [0.15, 0.2) is 23.7 Å². The Labute approximate surface area is 153 Å².